The van der Waals surface area contributed by atoms with Crippen molar-refractivity contribution in [2.24, 2.45) is 5.73 Å². The topological polar surface area (TPSA) is 35.2 Å². The van der Waals surface area contributed by atoms with Gasteiger partial charge in [-0.1, -0.05) is 18.2 Å². The van der Waals surface area contributed by atoms with E-state index in [-0.39, 0.29) is 5.75 Å². The quantitative estimate of drug-likeness (QED) is 0.629. The maximum atomic E-state index is 12.7. The Morgan fingerprint density at radius 1 is 1.39 bits per heavy atom. The molecule has 0 bridgehead atoms. The van der Waals surface area contributed by atoms with Gasteiger partial charge in [-0.15, -0.1) is 6.58 Å². The number of rotatable bonds is 6. The molecule has 0 saturated heterocycles. The molecule has 0 spiro atoms. The van der Waals surface area contributed by atoms with Gasteiger partial charge >= 0.3 is 12.5 Å². The minimum Gasteiger partial charge on any atom is -0.428 e. The van der Waals surface area contributed by atoms with Crippen LogP contribution in [0.3, 0.4) is 0 Å². The van der Waals surface area contributed by atoms with Gasteiger partial charge in [0.1, 0.15) is 5.75 Å². The summed E-state index contributed by atoms with van der Waals surface area (Å²) in [6, 6.07) is 4.95. The molecule has 2 N–H and O–H groups in total. The van der Waals surface area contributed by atoms with Crippen LogP contribution in [-0.2, 0) is 0 Å². The van der Waals surface area contributed by atoms with E-state index in [0.29, 0.717) is 12.0 Å². The van der Waals surface area contributed by atoms with Gasteiger partial charge in [-0.25, -0.2) is 0 Å². The molecule has 0 radical (unpaired) electrons. The van der Waals surface area contributed by atoms with Gasteiger partial charge < -0.3 is 10.5 Å². The monoisotopic (exact) mass is 263 g/mol. The Hall–Kier alpha value is -1.56. The summed E-state index contributed by atoms with van der Waals surface area (Å²) in [6.45, 7) is 3.50. The molecule has 1 atom stereocenters. The largest absolute Gasteiger partial charge is 0.461 e. The molecule has 100 valence electrons. The molecule has 0 saturated carbocycles. The van der Waals surface area contributed by atoms with Gasteiger partial charge in [0.15, 0.2) is 0 Å². The Bertz CT molecular complexity index is 409. The molecule has 18 heavy (non-hydrogen) atoms. The second-order valence-electron chi connectivity index (χ2n) is 3.67. The van der Waals surface area contributed by atoms with Crippen LogP contribution in [0.25, 0.3) is 0 Å². The standard InChI is InChI=1S/C12H13F4NO/c1-2-4-10(17)8-5-3-6-9(7-8)18-12(15,16)11(13)14/h2-3,5-7,10-11H,1,4,17H2/t10-/m0/s1. The van der Waals surface area contributed by atoms with Crippen LogP contribution in [0.15, 0.2) is 36.9 Å². The van der Waals surface area contributed by atoms with Crippen LogP contribution in [0.2, 0.25) is 0 Å². The van der Waals surface area contributed by atoms with Crippen LogP contribution in [0, 0.1) is 0 Å². The fourth-order valence-corrected chi connectivity index (χ4v) is 1.33. The van der Waals surface area contributed by atoms with Gasteiger partial charge in [0.25, 0.3) is 0 Å². The summed E-state index contributed by atoms with van der Waals surface area (Å²) in [5.74, 6) is -0.350. The normalized spacial score (nSPS) is 13.4. The molecule has 0 unspecified atom stereocenters. The lowest BCUT2D eigenvalue weighted by molar-refractivity contribution is -0.253. The molecule has 0 fully saturated rings. The minimum absolute atomic E-state index is 0.350. The Morgan fingerprint density at radius 3 is 2.61 bits per heavy atom. The molecule has 0 aromatic heterocycles. The van der Waals surface area contributed by atoms with E-state index >= 15 is 0 Å². The number of halogens is 4. The molecule has 1 aromatic carbocycles. The van der Waals surface area contributed by atoms with Gasteiger partial charge in [0.05, 0.1) is 0 Å². The first-order valence-electron chi connectivity index (χ1n) is 5.18. The molecule has 2 nitrogen and oxygen atoms in total. The zero-order valence-electron chi connectivity index (χ0n) is 9.45. The zero-order chi connectivity index (χ0) is 13.8. The fraction of sp³-hybridized carbons (Fsp3) is 0.333. The van der Waals surface area contributed by atoms with Crippen molar-refractivity contribution in [3.05, 3.63) is 42.5 Å². The molecule has 0 amide bonds. The highest BCUT2D eigenvalue weighted by Gasteiger charge is 2.43. The maximum absolute atomic E-state index is 12.7. The lowest BCUT2D eigenvalue weighted by Crippen LogP contribution is -2.33. The van der Waals surface area contributed by atoms with Gasteiger partial charge in [0.2, 0.25) is 0 Å². The van der Waals surface area contributed by atoms with Gasteiger partial charge in [0, 0.05) is 6.04 Å². The minimum atomic E-state index is -4.51. The van der Waals surface area contributed by atoms with Crippen molar-refractivity contribution in [2.45, 2.75) is 25.0 Å². The summed E-state index contributed by atoms with van der Waals surface area (Å²) in [5, 5.41) is 0. The van der Waals surface area contributed by atoms with Gasteiger partial charge in [-0.3, -0.25) is 0 Å². The van der Waals surface area contributed by atoms with E-state index in [0.717, 1.165) is 0 Å². The van der Waals surface area contributed by atoms with Gasteiger partial charge in [-0.2, -0.15) is 17.6 Å². The number of benzene rings is 1. The van der Waals surface area contributed by atoms with Crippen LogP contribution in [-0.4, -0.2) is 12.5 Å². The number of nitrogens with two attached hydrogens (primary N) is 1. The van der Waals surface area contributed by atoms with Crippen molar-refractivity contribution in [3.8, 4) is 5.75 Å². The van der Waals surface area contributed by atoms with Crippen LogP contribution >= 0.6 is 0 Å². The summed E-state index contributed by atoms with van der Waals surface area (Å²) in [5.41, 5.74) is 6.25. The summed E-state index contributed by atoms with van der Waals surface area (Å²) < 4.78 is 53.3. The molecule has 0 aliphatic rings. The van der Waals surface area contributed by atoms with E-state index in [1.807, 2.05) is 0 Å². The second-order valence-corrected chi connectivity index (χ2v) is 3.67. The number of hydrogen-bond acceptors (Lipinski definition) is 2. The average Bonchev–Trinajstić information content (AvgIpc) is 2.29. The molecular weight excluding hydrogens is 250 g/mol. The highest BCUT2D eigenvalue weighted by atomic mass is 19.3. The predicted molar refractivity (Wildman–Crippen MR) is 59.8 cm³/mol. The van der Waals surface area contributed by atoms with E-state index in [4.69, 9.17) is 5.73 Å². The summed E-state index contributed by atoms with van der Waals surface area (Å²) in [6.07, 6.45) is -6.38. The summed E-state index contributed by atoms with van der Waals surface area (Å²) >= 11 is 0. The highest BCUT2D eigenvalue weighted by molar-refractivity contribution is 5.31. The molecule has 0 heterocycles. The van der Waals surface area contributed by atoms with Crippen LogP contribution in [0.5, 0.6) is 5.75 Å². The van der Waals surface area contributed by atoms with Crippen molar-refractivity contribution < 1.29 is 22.3 Å². The van der Waals surface area contributed by atoms with Gasteiger partial charge in [-0.05, 0) is 24.1 Å². The van der Waals surface area contributed by atoms with E-state index in [1.54, 1.807) is 12.1 Å². The van der Waals surface area contributed by atoms with Crippen molar-refractivity contribution in [2.75, 3.05) is 0 Å². The Morgan fingerprint density at radius 2 is 2.06 bits per heavy atom. The molecule has 1 rings (SSSR count). The number of hydrogen-bond donors (Lipinski definition) is 1. The van der Waals surface area contributed by atoms with Crippen molar-refractivity contribution >= 4 is 0 Å². The third kappa shape index (κ3) is 3.73. The van der Waals surface area contributed by atoms with Crippen LogP contribution < -0.4 is 10.5 Å². The number of alkyl halides is 4. The lowest BCUT2D eigenvalue weighted by atomic mass is 10.0. The van der Waals surface area contributed by atoms with E-state index < -0.39 is 18.6 Å². The average molecular weight is 263 g/mol. The summed E-state index contributed by atoms with van der Waals surface area (Å²) in [7, 11) is 0. The molecule has 1 aromatic rings. The Balaban J connectivity index is 2.85. The van der Waals surface area contributed by atoms with Crippen molar-refractivity contribution in [1.29, 1.82) is 0 Å². The highest BCUT2D eigenvalue weighted by Crippen LogP contribution is 2.29. The predicted octanol–water partition coefficient (Wildman–Crippen LogP) is 3.50. The third-order valence-corrected chi connectivity index (χ3v) is 2.21. The smallest absolute Gasteiger partial charge is 0.428 e. The first kappa shape index (κ1) is 14.5. The van der Waals surface area contributed by atoms with E-state index in [9.17, 15) is 17.6 Å². The first-order chi connectivity index (χ1) is 8.36. The van der Waals surface area contributed by atoms with Crippen LogP contribution in [0.4, 0.5) is 17.6 Å². The Labute approximate surface area is 102 Å². The van der Waals surface area contributed by atoms with Crippen LogP contribution in [0.1, 0.15) is 18.0 Å². The molecule has 6 heteroatoms. The van der Waals surface area contributed by atoms with E-state index in [1.165, 1.54) is 18.2 Å². The van der Waals surface area contributed by atoms with Crippen molar-refractivity contribution in [1.82, 2.24) is 0 Å². The SMILES string of the molecule is C=CC[C@H](N)c1cccc(OC(F)(F)C(F)F)c1. The number of ether oxygens (including phenoxy) is 1. The Kier molecular flexibility index (Phi) is 4.72. The zero-order valence-corrected chi connectivity index (χ0v) is 9.45. The fourth-order valence-electron chi connectivity index (χ4n) is 1.33. The summed E-state index contributed by atoms with van der Waals surface area (Å²) in [4.78, 5) is 0. The van der Waals surface area contributed by atoms with Crippen molar-refractivity contribution in [3.63, 3.8) is 0 Å². The van der Waals surface area contributed by atoms with E-state index in [2.05, 4.69) is 11.3 Å². The maximum Gasteiger partial charge on any atom is 0.461 e. The second kappa shape index (κ2) is 5.86. The molecule has 0 aliphatic heterocycles. The molecule has 0 aliphatic carbocycles. The first-order valence-corrected chi connectivity index (χ1v) is 5.18. The molecular formula is C12H13F4NO. The lowest BCUT2D eigenvalue weighted by Gasteiger charge is -2.18. The third-order valence-electron chi connectivity index (χ3n) is 2.21.